The first-order chi connectivity index (χ1) is 7.66. The topological polar surface area (TPSA) is 72.6 Å². The summed E-state index contributed by atoms with van der Waals surface area (Å²) in [6, 6.07) is 7.32. The van der Waals surface area contributed by atoms with E-state index in [1.54, 1.807) is 6.07 Å². The third-order valence-corrected chi connectivity index (χ3v) is 2.14. The molecule has 0 aliphatic carbocycles. The fraction of sp³-hybridized carbons (Fsp3) is 0.273. The summed E-state index contributed by atoms with van der Waals surface area (Å²) in [5.41, 5.74) is 1.41. The van der Waals surface area contributed by atoms with Crippen LogP contribution in [0.15, 0.2) is 28.7 Å². The van der Waals surface area contributed by atoms with Crippen molar-refractivity contribution in [1.82, 2.24) is 4.98 Å². The smallest absolute Gasteiger partial charge is 0.332 e. The van der Waals surface area contributed by atoms with Gasteiger partial charge < -0.3 is 14.3 Å². The lowest BCUT2D eigenvalue weighted by Crippen LogP contribution is -2.19. The third kappa shape index (κ3) is 2.20. The van der Waals surface area contributed by atoms with Crippen molar-refractivity contribution >= 4 is 17.1 Å². The van der Waals surface area contributed by atoms with Gasteiger partial charge in [0.1, 0.15) is 12.1 Å². The molecule has 1 heterocycles. The Bertz CT molecular complexity index is 472. The highest BCUT2D eigenvalue weighted by Crippen LogP contribution is 2.15. The van der Waals surface area contributed by atoms with E-state index < -0.39 is 12.1 Å². The van der Waals surface area contributed by atoms with Gasteiger partial charge in [0.25, 0.3) is 0 Å². The number of rotatable bonds is 4. The number of oxazole rings is 1. The molecule has 0 unspecified atom stereocenters. The molecule has 1 aromatic heterocycles. The first-order valence-corrected chi connectivity index (χ1v) is 4.85. The van der Waals surface area contributed by atoms with E-state index in [4.69, 9.17) is 14.3 Å². The Morgan fingerprint density at radius 1 is 1.56 bits per heavy atom. The van der Waals surface area contributed by atoms with E-state index >= 15 is 0 Å². The Balaban J connectivity index is 2.07. The monoisotopic (exact) mass is 221 g/mol. The number of hydrogen-bond acceptors (Lipinski definition) is 4. The van der Waals surface area contributed by atoms with Crippen LogP contribution in [0.3, 0.4) is 0 Å². The van der Waals surface area contributed by atoms with Crippen LogP contribution in [-0.4, -0.2) is 22.2 Å². The Kier molecular flexibility index (Phi) is 2.87. The summed E-state index contributed by atoms with van der Waals surface area (Å²) in [4.78, 5) is 14.7. The van der Waals surface area contributed by atoms with E-state index in [2.05, 4.69) is 4.98 Å². The molecular weight excluding hydrogens is 210 g/mol. The number of benzene rings is 1. The van der Waals surface area contributed by atoms with Crippen molar-refractivity contribution in [2.45, 2.75) is 19.6 Å². The molecule has 0 spiro atoms. The van der Waals surface area contributed by atoms with Gasteiger partial charge in [-0.15, -0.1) is 0 Å². The van der Waals surface area contributed by atoms with Gasteiger partial charge in [-0.05, 0) is 19.1 Å². The highest BCUT2D eigenvalue weighted by molar-refractivity contribution is 5.72. The van der Waals surface area contributed by atoms with Crippen molar-refractivity contribution < 1.29 is 19.1 Å². The molecule has 5 nitrogen and oxygen atoms in total. The van der Waals surface area contributed by atoms with E-state index in [0.29, 0.717) is 11.5 Å². The normalized spacial score (nSPS) is 12.8. The van der Waals surface area contributed by atoms with Crippen LogP contribution in [0.4, 0.5) is 0 Å². The van der Waals surface area contributed by atoms with Crippen molar-refractivity contribution in [2.24, 2.45) is 0 Å². The number of aliphatic carboxylic acids is 1. The maximum Gasteiger partial charge on any atom is 0.332 e. The van der Waals surface area contributed by atoms with E-state index in [1.165, 1.54) is 6.92 Å². The molecular formula is C11H11NO4. The Morgan fingerprint density at radius 3 is 3.00 bits per heavy atom. The summed E-state index contributed by atoms with van der Waals surface area (Å²) < 4.78 is 10.4. The van der Waals surface area contributed by atoms with Crippen LogP contribution in [0, 0.1) is 0 Å². The Hall–Kier alpha value is -1.88. The largest absolute Gasteiger partial charge is 0.479 e. The maximum absolute atomic E-state index is 10.5. The molecule has 1 aromatic carbocycles. The van der Waals surface area contributed by atoms with Crippen molar-refractivity contribution in [2.75, 3.05) is 0 Å². The van der Waals surface area contributed by atoms with Gasteiger partial charge in [0.2, 0.25) is 5.89 Å². The fourth-order valence-electron chi connectivity index (χ4n) is 1.25. The summed E-state index contributed by atoms with van der Waals surface area (Å²) in [5, 5.41) is 8.62. The minimum atomic E-state index is -1.00. The number of fused-ring (bicyclic) bond motifs is 1. The average Bonchev–Trinajstić information content (AvgIpc) is 2.68. The maximum atomic E-state index is 10.5. The van der Waals surface area contributed by atoms with Crippen LogP contribution in [0.2, 0.25) is 0 Å². The van der Waals surface area contributed by atoms with E-state index in [0.717, 1.165) is 5.52 Å². The molecule has 1 N–H and O–H groups in total. The second-order valence-corrected chi connectivity index (χ2v) is 3.37. The first-order valence-electron chi connectivity index (χ1n) is 4.85. The highest BCUT2D eigenvalue weighted by atomic mass is 16.5. The average molecular weight is 221 g/mol. The number of carboxylic acids is 1. The molecule has 2 rings (SSSR count). The number of carbonyl (C=O) groups is 1. The number of carboxylic acid groups (broad SMARTS) is 1. The fourth-order valence-corrected chi connectivity index (χ4v) is 1.25. The van der Waals surface area contributed by atoms with Crippen molar-refractivity contribution in [3.8, 4) is 0 Å². The van der Waals surface area contributed by atoms with Crippen molar-refractivity contribution in [3.05, 3.63) is 30.2 Å². The molecule has 5 heteroatoms. The lowest BCUT2D eigenvalue weighted by molar-refractivity contribution is -0.150. The summed E-state index contributed by atoms with van der Waals surface area (Å²) in [7, 11) is 0. The highest BCUT2D eigenvalue weighted by Gasteiger charge is 2.13. The molecule has 2 aromatic rings. The molecule has 0 saturated carbocycles. The van der Waals surface area contributed by atoms with Crippen LogP contribution in [0.5, 0.6) is 0 Å². The lowest BCUT2D eigenvalue weighted by Gasteiger charge is -2.04. The summed E-state index contributed by atoms with van der Waals surface area (Å²) in [5.74, 6) is -0.620. The van der Waals surface area contributed by atoms with Crippen molar-refractivity contribution in [3.63, 3.8) is 0 Å². The van der Waals surface area contributed by atoms with Gasteiger partial charge in [-0.1, -0.05) is 12.1 Å². The minimum Gasteiger partial charge on any atom is -0.479 e. The molecule has 16 heavy (non-hydrogen) atoms. The number of nitrogens with zero attached hydrogens (tertiary/aromatic N) is 1. The number of aromatic nitrogens is 1. The minimum absolute atomic E-state index is 0.0577. The van der Waals surface area contributed by atoms with Crippen LogP contribution >= 0.6 is 0 Å². The molecule has 0 fully saturated rings. The third-order valence-electron chi connectivity index (χ3n) is 2.14. The van der Waals surface area contributed by atoms with Gasteiger partial charge in [0.05, 0.1) is 0 Å². The van der Waals surface area contributed by atoms with E-state index in [1.807, 2.05) is 18.2 Å². The van der Waals surface area contributed by atoms with Gasteiger partial charge in [-0.2, -0.15) is 0 Å². The van der Waals surface area contributed by atoms with Crippen LogP contribution in [0.1, 0.15) is 12.8 Å². The van der Waals surface area contributed by atoms with Gasteiger partial charge in [-0.3, -0.25) is 0 Å². The predicted octanol–water partition coefficient (Wildman–Crippen LogP) is 1.82. The van der Waals surface area contributed by atoms with Gasteiger partial charge in [0, 0.05) is 0 Å². The van der Waals surface area contributed by atoms with Crippen molar-refractivity contribution in [1.29, 1.82) is 0 Å². The summed E-state index contributed by atoms with van der Waals surface area (Å²) >= 11 is 0. The molecule has 0 aliphatic heterocycles. The second kappa shape index (κ2) is 4.32. The molecule has 1 atom stereocenters. The zero-order chi connectivity index (χ0) is 11.5. The number of para-hydroxylation sites is 2. The first kappa shape index (κ1) is 10.6. The van der Waals surface area contributed by atoms with Crippen LogP contribution in [-0.2, 0) is 16.1 Å². The SMILES string of the molecule is C[C@H](OCc1nc2ccccc2o1)C(=O)O. The number of ether oxygens (including phenoxy) is 1. The second-order valence-electron chi connectivity index (χ2n) is 3.37. The molecule has 0 amide bonds. The quantitative estimate of drug-likeness (QED) is 0.852. The van der Waals surface area contributed by atoms with Gasteiger partial charge in [-0.25, -0.2) is 9.78 Å². The summed E-state index contributed by atoms with van der Waals surface area (Å²) in [6.45, 7) is 1.52. The molecule has 0 bridgehead atoms. The van der Waals surface area contributed by atoms with Crippen LogP contribution in [0.25, 0.3) is 11.1 Å². The Morgan fingerprint density at radius 2 is 2.31 bits per heavy atom. The van der Waals surface area contributed by atoms with Crippen LogP contribution < -0.4 is 0 Å². The van der Waals surface area contributed by atoms with E-state index in [9.17, 15) is 4.79 Å². The molecule has 84 valence electrons. The summed E-state index contributed by atoms with van der Waals surface area (Å²) in [6.07, 6.45) is -0.866. The zero-order valence-electron chi connectivity index (χ0n) is 8.71. The number of hydrogen-bond donors (Lipinski definition) is 1. The molecule has 0 radical (unpaired) electrons. The zero-order valence-corrected chi connectivity index (χ0v) is 8.71. The van der Waals surface area contributed by atoms with E-state index in [-0.39, 0.29) is 6.61 Å². The lowest BCUT2D eigenvalue weighted by atomic mass is 10.3. The molecule has 0 aliphatic rings. The standard InChI is InChI=1S/C11H11NO4/c1-7(11(13)14)15-6-10-12-8-4-2-3-5-9(8)16-10/h2-5,7H,6H2,1H3,(H,13,14)/t7-/m0/s1. The molecule has 0 saturated heterocycles. The Labute approximate surface area is 91.7 Å². The van der Waals surface area contributed by atoms with Gasteiger partial charge >= 0.3 is 5.97 Å². The predicted molar refractivity (Wildman–Crippen MR) is 55.9 cm³/mol. The van der Waals surface area contributed by atoms with Gasteiger partial charge in [0.15, 0.2) is 11.7 Å².